The lowest BCUT2D eigenvalue weighted by Crippen LogP contribution is -1.84. The van der Waals surface area contributed by atoms with E-state index in [-0.39, 0.29) is 5.82 Å². The fraction of sp³-hybridized carbons (Fsp3) is 0. The first-order valence-electron chi connectivity index (χ1n) is 5.14. The Bertz CT molecular complexity index is 691. The van der Waals surface area contributed by atoms with Gasteiger partial charge in [0.15, 0.2) is 5.58 Å². The third kappa shape index (κ3) is 1.73. The Kier molecular flexibility index (Phi) is 2.08. The van der Waals surface area contributed by atoms with Crippen molar-refractivity contribution in [2.45, 2.75) is 0 Å². The van der Waals surface area contributed by atoms with Gasteiger partial charge >= 0.3 is 0 Å². The van der Waals surface area contributed by atoms with Gasteiger partial charge < -0.3 is 10.2 Å². The molecule has 0 spiro atoms. The largest absolute Gasteiger partial charge is 0.436 e. The lowest BCUT2D eigenvalue weighted by molar-refractivity contribution is 0.602. The van der Waals surface area contributed by atoms with E-state index in [1.807, 2.05) is 12.1 Å². The number of anilines is 1. The molecule has 0 radical (unpaired) electrons. The molecule has 2 aromatic carbocycles. The maximum absolute atomic E-state index is 13.0. The van der Waals surface area contributed by atoms with Gasteiger partial charge in [0.1, 0.15) is 11.3 Å². The number of nitrogen functional groups attached to an aromatic ring is 1. The van der Waals surface area contributed by atoms with Gasteiger partial charge in [-0.25, -0.2) is 9.37 Å². The first-order valence-corrected chi connectivity index (χ1v) is 5.14. The molecule has 0 fully saturated rings. The molecule has 3 aromatic rings. The molecule has 0 saturated heterocycles. The molecule has 0 unspecified atom stereocenters. The summed E-state index contributed by atoms with van der Waals surface area (Å²) < 4.78 is 18.5. The van der Waals surface area contributed by atoms with Crippen LogP contribution in [-0.4, -0.2) is 4.98 Å². The van der Waals surface area contributed by atoms with E-state index in [4.69, 9.17) is 10.2 Å². The number of benzene rings is 2. The van der Waals surface area contributed by atoms with Crippen LogP contribution in [0.15, 0.2) is 46.9 Å². The van der Waals surface area contributed by atoms with Gasteiger partial charge in [0.2, 0.25) is 5.89 Å². The standard InChI is InChI=1S/C13H9FN2O/c14-9-4-5-11-12(7-9)17-13(16-11)8-2-1-3-10(15)6-8/h1-7H,15H2. The number of nitrogens with zero attached hydrogens (tertiary/aromatic N) is 1. The van der Waals surface area contributed by atoms with E-state index in [9.17, 15) is 4.39 Å². The summed E-state index contributed by atoms with van der Waals surface area (Å²) in [4.78, 5) is 4.28. The van der Waals surface area contributed by atoms with Crippen LogP contribution in [0, 0.1) is 5.82 Å². The Morgan fingerprint density at radius 3 is 2.82 bits per heavy atom. The Morgan fingerprint density at radius 2 is 2.00 bits per heavy atom. The van der Waals surface area contributed by atoms with E-state index < -0.39 is 0 Å². The van der Waals surface area contributed by atoms with Crippen molar-refractivity contribution in [3.63, 3.8) is 0 Å². The molecule has 84 valence electrons. The maximum Gasteiger partial charge on any atom is 0.227 e. The Hall–Kier alpha value is -2.36. The summed E-state index contributed by atoms with van der Waals surface area (Å²) in [6, 6.07) is 11.5. The zero-order valence-corrected chi connectivity index (χ0v) is 8.85. The van der Waals surface area contributed by atoms with Gasteiger partial charge in [-0.1, -0.05) is 6.07 Å². The molecular weight excluding hydrogens is 219 g/mol. The van der Waals surface area contributed by atoms with Crippen LogP contribution >= 0.6 is 0 Å². The van der Waals surface area contributed by atoms with Crippen molar-refractivity contribution in [2.24, 2.45) is 0 Å². The van der Waals surface area contributed by atoms with Gasteiger partial charge in [-0.3, -0.25) is 0 Å². The Balaban J connectivity index is 2.18. The van der Waals surface area contributed by atoms with Crippen molar-refractivity contribution in [1.82, 2.24) is 4.98 Å². The summed E-state index contributed by atoms with van der Waals surface area (Å²) in [5.74, 6) is 0.102. The minimum Gasteiger partial charge on any atom is -0.436 e. The van der Waals surface area contributed by atoms with E-state index >= 15 is 0 Å². The second kappa shape index (κ2) is 3.59. The summed E-state index contributed by atoms with van der Waals surface area (Å²) in [5.41, 5.74) is 8.16. The fourth-order valence-electron chi connectivity index (χ4n) is 1.69. The minimum absolute atomic E-state index is 0.340. The third-order valence-electron chi connectivity index (χ3n) is 2.48. The normalized spacial score (nSPS) is 10.9. The van der Waals surface area contributed by atoms with E-state index in [2.05, 4.69) is 4.98 Å². The predicted octanol–water partition coefficient (Wildman–Crippen LogP) is 3.22. The van der Waals surface area contributed by atoms with Crippen LogP contribution in [0.2, 0.25) is 0 Å². The summed E-state index contributed by atoms with van der Waals surface area (Å²) in [6.45, 7) is 0. The number of hydrogen-bond donors (Lipinski definition) is 1. The van der Waals surface area contributed by atoms with Crippen molar-refractivity contribution >= 4 is 16.8 Å². The molecule has 0 aliphatic carbocycles. The summed E-state index contributed by atoms with van der Waals surface area (Å²) in [6.07, 6.45) is 0. The fourth-order valence-corrected chi connectivity index (χ4v) is 1.69. The van der Waals surface area contributed by atoms with Crippen LogP contribution < -0.4 is 5.73 Å². The Labute approximate surface area is 96.7 Å². The summed E-state index contributed by atoms with van der Waals surface area (Å²) in [7, 11) is 0. The van der Waals surface area contributed by atoms with Crippen LogP contribution in [0.4, 0.5) is 10.1 Å². The zero-order chi connectivity index (χ0) is 11.8. The number of fused-ring (bicyclic) bond motifs is 1. The number of rotatable bonds is 1. The third-order valence-corrected chi connectivity index (χ3v) is 2.48. The van der Waals surface area contributed by atoms with Crippen LogP contribution in [0.25, 0.3) is 22.6 Å². The quantitative estimate of drug-likeness (QED) is 0.650. The number of halogens is 1. The van der Waals surface area contributed by atoms with Gasteiger partial charge in [0, 0.05) is 17.3 Å². The highest BCUT2D eigenvalue weighted by atomic mass is 19.1. The van der Waals surface area contributed by atoms with Crippen molar-refractivity contribution in [2.75, 3.05) is 5.73 Å². The average molecular weight is 228 g/mol. The first kappa shape index (κ1) is 9.84. The van der Waals surface area contributed by atoms with Crippen molar-refractivity contribution in [1.29, 1.82) is 0 Å². The minimum atomic E-state index is -0.340. The molecule has 3 nitrogen and oxygen atoms in total. The molecule has 4 heteroatoms. The molecule has 3 rings (SSSR count). The molecule has 1 heterocycles. The molecular formula is C13H9FN2O. The molecule has 2 N–H and O–H groups in total. The van der Waals surface area contributed by atoms with Gasteiger partial charge in [0.25, 0.3) is 0 Å². The average Bonchev–Trinajstić information content (AvgIpc) is 2.72. The number of aromatic nitrogens is 1. The monoisotopic (exact) mass is 228 g/mol. The lowest BCUT2D eigenvalue weighted by Gasteiger charge is -1.95. The Morgan fingerprint density at radius 1 is 1.12 bits per heavy atom. The van der Waals surface area contributed by atoms with Gasteiger partial charge in [-0.05, 0) is 30.3 Å². The lowest BCUT2D eigenvalue weighted by atomic mass is 10.2. The second-order valence-corrected chi connectivity index (χ2v) is 3.76. The highest BCUT2D eigenvalue weighted by Crippen LogP contribution is 2.25. The smallest absolute Gasteiger partial charge is 0.227 e. The molecule has 17 heavy (non-hydrogen) atoms. The highest BCUT2D eigenvalue weighted by Gasteiger charge is 2.08. The summed E-state index contributed by atoms with van der Waals surface area (Å²) >= 11 is 0. The van der Waals surface area contributed by atoms with Gasteiger partial charge in [-0.15, -0.1) is 0 Å². The van der Waals surface area contributed by atoms with Crippen LogP contribution in [0.5, 0.6) is 0 Å². The van der Waals surface area contributed by atoms with E-state index in [1.165, 1.54) is 12.1 Å². The van der Waals surface area contributed by atoms with Crippen molar-refractivity contribution in [3.8, 4) is 11.5 Å². The molecule has 0 aliphatic rings. The first-order chi connectivity index (χ1) is 8.22. The van der Waals surface area contributed by atoms with E-state index in [0.717, 1.165) is 5.56 Å². The predicted molar refractivity (Wildman–Crippen MR) is 63.8 cm³/mol. The van der Waals surface area contributed by atoms with Crippen LogP contribution in [0.1, 0.15) is 0 Å². The van der Waals surface area contributed by atoms with Crippen LogP contribution in [0.3, 0.4) is 0 Å². The molecule has 0 atom stereocenters. The summed E-state index contributed by atoms with van der Waals surface area (Å²) in [5, 5.41) is 0. The molecule has 0 bridgehead atoms. The molecule has 1 aromatic heterocycles. The van der Waals surface area contributed by atoms with Crippen molar-refractivity contribution < 1.29 is 8.81 Å². The van der Waals surface area contributed by atoms with Crippen LogP contribution in [-0.2, 0) is 0 Å². The topological polar surface area (TPSA) is 52.0 Å². The molecule has 0 aliphatic heterocycles. The van der Waals surface area contributed by atoms with Crippen molar-refractivity contribution in [3.05, 3.63) is 48.3 Å². The molecule has 0 amide bonds. The molecule has 0 saturated carbocycles. The van der Waals surface area contributed by atoms with E-state index in [0.29, 0.717) is 22.7 Å². The van der Waals surface area contributed by atoms with Gasteiger partial charge in [0.05, 0.1) is 0 Å². The van der Waals surface area contributed by atoms with Gasteiger partial charge in [-0.2, -0.15) is 0 Å². The number of nitrogens with two attached hydrogens (primary N) is 1. The maximum atomic E-state index is 13.0. The van der Waals surface area contributed by atoms with E-state index in [1.54, 1.807) is 18.2 Å². The zero-order valence-electron chi connectivity index (χ0n) is 8.85. The highest BCUT2D eigenvalue weighted by molar-refractivity contribution is 5.76. The SMILES string of the molecule is Nc1cccc(-c2nc3ccc(F)cc3o2)c1. The number of oxazole rings is 1. The number of hydrogen-bond acceptors (Lipinski definition) is 3. The second-order valence-electron chi connectivity index (χ2n) is 3.76.